The number of fused-ring (bicyclic) bond motifs is 6. The second kappa shape index (κ2) is 10.6. The van der Waals surface area contributed by atoms with E-state index >= 15 is 0 Å². The molecule has 0 N–H and O–H groups in total. The van der Waals surface area contributed by atoms with Gasteiger partial charge in [0.1, 0.15) is 6.61 Å². The van der Waals surface area contributed by atoms with E-state index in [1.54, 1.807) is 5.57 Å². The van der Waals surface area contributed by atoms with Crippen LogP contribution in [0, 0.1) is 40.9 Å². The van der Waals surface area contributed by atoms with Gasteiger partial charge in [-0.2, -0.15) is 0 Å². The summed E-state index contributed by atoms with van der Waals surface area (Å²) in [6.45, 7) is 10.6. The van der Waals surface area contributed by atoms with Crippen molar-refractivity contribution in [2.45, 2.75) is 116 Å². The zero-order valence-electron chi connectivity index (χ0n) is 25.9. The Bertz CT molecular complexity index is 1290. The van der Waals surface area contributed by atoms with Crippen molar-refractivity contribution in [2.75, 3.05) is 6.54 Å². The molecule has 3 saturated carbocycles. The molecule has 1 spiro atoms. The Morgan fingerprint density at radius 3 is 2.74 bits per heavy atom. The number of rotatable bonds is 3. The Kier molecular flexibility index (Phi) is 7.13. The van der Waals surface area contributed by atoms with Gasteiger partial charge in [-0.05, 0) is 116 Å². The molecule has 2 aliphatic heterocycles. The van der Waals surface area contributed by atoms with Crippen molar-refractivity contribution in [1.29, 1.82) is 0 Å². The predicted octanol–water partition coefficient (Wildman–Crippen LogP) is 8.45. The highest BCUT2D eigenvalue weighted by Gasteiger charge is 2.63. The van der Waals surface area contributed by atoms with Gasteiger partial charge in [-0.3, -0.25) is 0 Å². The van der Waals surface area contributed by atoms with E-state index in [9.17, 15) is 4.79 Å². The summed E-state index contributed by atoms with van der Waals surface area (Å²) in [5, 5.41) is 4.14. The Morgan fingerprint density at radius 2 is 1.95 bits per heavy atom. The zero-order chi connectivity index (χ0) is 29.2. The lowest BCUT2D eigenvalue weighted by Gasteiger charge is -2.53. The summed E-state index contributed by atoms with van der Waals surface area (Å²) in [4.78, 5) is 18.7. The van der Waals surface area contributed by atoms with Crippen molar-refractivity contribution in [1.82, 2.24) is 4.90 Å². The number of nitrogens with zero attached hydrogens (tertiary/aromatic N) is 4. The van der Waals surface area contributed by atoms with E-state index in [0.717, 1.165) is 49.6 Å². The van der Waals surface area contributed by atoms with Crippen molar-refractivity contribution in [3.05, 3.63) is 57.5 Å². The average molecular weight is 573 g/mol. The van der Waals surface area contributed by atoms with E-state index in [-0.39, 0.29) is 35.8 Å². The number of benzene rings is 1. The van der Waals surface area contributed by atoms with Crippen molar-refractivity contribution >= 4 is 6.09 Å². The third-order valence-electron chi connectivity index (χ3n) is 13.2. The number of hydrogen-bond donors (Lipinski definition) is 0. The number of amides is 1. The van der Waals surface area contributed by atoms with Crippen LogP contribution < -0.4 is 0 Å². The fraction of sp³-hybridized carbons (Fsp3) is 0.743. The molecule has 4 aliphatic carbocycles. The first-order valence-electron chi connectivity index (χ1n) is 16.6. The minimum absolute atomic E-state index is 0.0538. The largest absolute Gasteiger partial charge is 0.445 e. The number of carbonyl (C=O) groups excluding carboxylic acids is 1. The third-order valence-corrected chi connectivity index (χ3v) is 13.2. The van der Waals surface area contributed by atoms with Gasteiger partial charge in [0, 0.05) is 23.4 Å². The fourth-order valence-corrected chi connectivity index (χ4v) is 11.1. The van der Waals surface area contributed by atoms with E-state index in [1.807, 2.05) is 35.2 Å². The summed E-state index contributed by atoms with van der Waals surface area (Å²) in [5.41, 5.74) is 13.3. The van der Waals surface area contributed by atoms with Crippen LogP contribution >= 0.6 is 0 Å². The number of likely N-dealkylation sites (tertiary alicyclic amines) is 1. The minimum Gasteiger partial charge on any atom is -0.445 e. The number of hydrogen-bond acceptors (Lipinski definition) is 4. The number of carbonyl (C=O) groups is 1. The number of azide groups is 1. The molecule has 1 aromatic rings. The first-order valence-corrected chi connectivity index (χ1v) is 16.6. The molecular formula is C35H48N4O3. The summed E-state index contributed by atoms with van der Waals surface area (Å²) in [6, 6.07) is 10.2. The van der Waals surface area contributed by atoms with Gasteiger partial charge >= 0.3 is 6.09 Å². The van der Waals surface area contributed by atoms with Crippen LogP contribution in [0.3, 0.4) is 0 Å². The smallest absolute Gasteiger partial charge is 0.410 e. The van der Waals surface area contributed by atoms with Crippen LogP contribution in [0.25, 0.3) is 10.4 Å². The van der Waals surface area contributed by atoms with Crippen LogP contribution in [0.2, 0.25) is 0 Å². The highest BCUT2D eigenvalue weighted by Crippen LogP contribution is 2.66. The van der Waals surface area contributed by atoms with E-state index in [0.29, 0.717) is 29.8 Å². The van der Waals surface area contributed by atoms with Crippen molar-refractivity contribution in [3.63, 3.8) is 0 Å². The number of allylic oxidation sites excluding steroid dienone is 1. The summed E-state index contributed by atoms with van der Waals surface area (Å²) in [5.74, 6) is 3.45. The van der Waals surface area contributed by atoms with Gasteiger partial charge in [0.25, 0.3) is 0 Å². The molecule has 7 heteroatoms. The first-order chi connectivity index (χ1) is 20.2. The molecule has 2 heterocycles. The summed E-state index contributed by atoms with van der Waals surface area (Å²) < 4.78 is 13.1. The maximum atomic E-state index is 13.6. The molecule has 0 radical (unpaired) electrons. The van der Waals surface area contributed by atoms with E-state index in [2.05, 4.69) is 37.7 Å². The van der Waals surface area contributed by atoms with Gasteiger partial charge in [0.2, 0.25) is 0 Å². The lowest BCUT2D eigenvalue weighted by atomic mass is 9.52. The van der Waals surface area contributed by atoms with Gasteiger partial charge in [-0.1, -0.05) is 61.8 Å². The van der Waals surface area contributed by atoms with E-state index in [1.165, 1.54) is 37.7 Å². The molecule has 42 heavy (non-hydrogen) atoms. The molecule has 5 fully saturated rings. The maximum absolute atomic E-state index is 13.6. The van der Waals surface area contributed by atoms with Gasteiger partial charge in [-0.25, -0.2) is 4.79 Å². The van der Waals surface area contributed by atoms with Crippen molar-refractivity contribution < 1.29 is 14.3 Å². The van der Waals surface area contributed by atoms with Crippen molar-refractivity contribution in [3.8, 4) is 0 Å². The molecule has 11 atom stereocenters. The third kappa shape index (κ3) is 4.32. The van der Waals surface area contributed by atoms with Crippen LogP contribution in [0.1, 0.15) is 91.0 Å². The fourth-order valence-electron chi connectivity index (χ4n) is 11.1. The second-order valence-corrected chi connectivity index (χ2v) is 15.0. The lowest BCUT2D eigenvalue weighted by molar-refractivity contribution is -0.0665. The van der Waals surface area contributed by atoms with Crippen LogP contribution in [-0.4, -0.2) is 41.3 Å². The van der Waals surface area contributed by atoms with Gasteiger partial charge in [0.15, 0.2) is 0 Å². The molecule has 0 aromatic heterocycles. The van der Waals surface area contributed by atoms with Crippen LogP contribution in [0.5, 0.6) is 0 Å². The SMILES string of the molecule is CC1=C2C[C@H]3C(CC[C@@H]4C[C@H](N=[N+]=[N-])CCC43C)[C@@H]2CC[C@]12O[C@@H]1CC(C)CN(C(=O)OCc3ccccc3)C1[C@H]2C. The van der Waals surface area contributed by atoms with Crippen molar-refractivity contribution in [2.24, 2.45) is 46.0 Å². The molecule has 1 amide bonds. The monoisotopic (exact) mass is 572 g/mol. The van der Waals surface area contributed by atoms with Gasteiger partial charge < -0.3 is 14.4 Å². The summed E-state index contributed by atoms with van der Waals surface area (Å²) in [7, 11) is 0. The zero-order valence-corrected chi connectivity index (χ0v) is 25.9. The summed E-state index contributed by atoms with van der Waals surface area (Å²) >= 11 is 0. The minimum atomic E-state index is -0.282. The van der Waals surface area contributed by atoms with E-state index < -0.39 is 0 Å². The average Bonchev–Trinajstić information content (AvgIpc) is 3.51. The lowest BCUT2D eigenvalue weighted by Crippen LogP contribution is -2.54. The standard InChI is InChI=1S/C35H48N4O3/c1-21-16-31-32(39(19-21)33(40)41-20-24-8-6-5-7-9-24)23(3)35(42-31)15-13-27-28-11-10-25-17-26(37-38-36)12-14-34(25,4)30(28)18-29(27)22(35)2/h5-9,21,23,25-28,30-32H,10-20H2,1-4H3/t21?,23-,25-,26-,27+,28?,30+,31-,32?,34?,35+/m1/s1. The molecule has 226 valence electrons. The molecule has 7 nitrogen and oxygen atoms in total. The van der Waals surface area contributed by atoms with Crippen LogP contribution in [0.15, 0.2) is 46.6 Å². The Hall–Kier alpha value is -2.50. The molecule has 1 aromatic carbocycles. The number of piperidine rings is 1. The molecule has 4 unspecified atom stereocenters. The molecule has 2 saturated heterocycles. The normalized spacial score (nSPS) is 44.1. The first kappa shape index (κ1) is 28.3. The van der Waals surface area contributed by atoms with Crippen LogP contribution in [-0.2, 0) is 16.1 Å². The van der Waals surface area contributed by atoms with E-state index in [4.69, 9.17) is 15.0 Å². The van der Waals surface area contributed by atoms with Gasteiger partial charge in [0.05, 0.1) is 17.7 Å². The topological polar surface area (TPSA) is 87.5 Å². The Balaban J connectivity index is 1.13. The van der Waals surface area contributed by atoms with Crippen LogP contribution in [0.4, 0.5) is 4.79 Å². The maximum Gasteiger partial charge on any atom is 0.410 e. The molecule has 0 bridgehead atoms. The molecule has 6 aliphatic rings. The molecule has 7 rings (SSSR count). The Labute approximate surface area is 251 Å². The number of ether oxygens (including phenoxy) is 2. The quantitative estimate of drug-likeness (QED) is 0.158. The van der Waals surface area contributed by atoms with Gasteiger partial charge in [-0.15, -0.1) is 0 Å². The highest BCUT2D eigenvalue weighted by atomic mass is 16.6. The predicted molar refractivity (Wildman–Crippen MR) is 162 cm³/mol. The second-order valence-electron chi connectivity index (χ2n) is 15.0. The summed E-state index contributed by atoms with van der Waals surface area (Å²) in [6.07, 6.45) is 10.2. The molecular weight excluding hydrogens is 524 g/mol. The Morgan fingerprint density at radius 1 is 1.14 bits per heavy atom. The highest BCUT2D eigenvalue weighted by molar-refractivity contribution is 5.68.